The second kappa shape index (κ2) is 8.79. The zero-order valence-corrected chi connectivity index (χ0v) is 16.9. The van der Waals surface area contributed by atoms with Gasteiger partial charge in [0.15, 0.2) is 0 Å². The van der Waals surface area contributed by atoms with Crippen LogP contribution in [-0.4, -0.2) is 25.9 Å². The third-order valence-electron chi connectivity index (χ3n) is 5.11. The molecule has 136 valence electrons. The van der Waals surface area contributed by atoms with Gasteiger partial charge in [0.2, 0.25) is 8.32 Å². The van der Waals surface area contributed by atoms with Gasteiger partial charge < -0.3 is 15.3 Å². The molecule has 0 aliphatic carbocycles. The number of carboxylic acids is 1. The Bertz CT molecular complexity index is 504. The summed E-state index contributed by atoms with van der Waals surface area (Å²) in [6.45, 7) is 14.3. The lowest BCUT2D eigenvalue weighted by molar-refractivity contribution is -0.138. The first-order chi connectivity index (χ1) is 11.2. The second-order valence-electron chi connectivity index (χ2n) is 7.47. The van der Waals surface area contributed by atoms with Gasteiger partial charge in [-0.1, -0.05) is 65.8 Å². The zero-order chi connectivity index (χ0) is 18.5. The van der Waals surface area contributed by atoms with Gasteiger partial charge >= 0.3 is 5.97 Å². The monoisotopic (exact) mass is 351 g/mol. The average molecular weight is 352 g/mol. The first kappa shape index (κ1) is 20.9. The fraction of sp³-hybridized carbons (Fsp3) is 0.632. The molecule has 0 fully saturated rings. The molecule has 4 nitrogen and oxygen atoms in total. The van der Waals surface area contributed by atoms with Crippen LogP contribution in [0.2, 0.25) is 16.6 Å². The molecular formula is C19H33NO3Si. The molecular weight excluding hydrogens is 318 g/mol. The molecule has 1 rings (SSSR count). The lowest BCUT2D eigenvalue weighted by Gasteiger charge is -2.42. The highest BCUT2D eigenvalue weighted by molar-refractivity contribution is 6.77. The first-order valence-corrected chi connectivity index (χ1v) is 11.0. The number of aliphatic carboxylic acids is 1. The van der Waals surface area contributed by atoms with E-state index in [1.54, 1.807) is 0 Å². The predicted octanol–water partition coefficient (Wildman–Crippen LogP) is 4.51. The highest BCUT2D eigenvalue weighted by atomic mass is 28.4. The van der Waals surface area contributed by atoms with Gasteiger partial charge in [-0.3, -0.25) is 4.79 Å². The van der Waals surface area contributed by atoms with Gasteiger partial charge in [-0.2, -0.15) is 0 Å². The summed E-state index contributed by atoms with van der Waals surface area (Å²) < 4.78 is 6.57. The average Bonchev–Trinajstić information content (AvgIpc) is 2.48. The number of rotatable bonds is 9. The molecule has 0 heterocycles. The van der Waals surface area contributed by atoms with Crippen LogP contribution >= 0.6 is 0 Å². The van der Waals surface area contributed by atoms with Crippen LogP contribution in [0.4, 0.5) is 0 Å². The van der Waals surface area contributed by atoms with E-state index < -0.39 is 20.2 Å². The molecule has 0 radical (unpaired) electrons. The lowest BCUT2D eigenvalue weighted by Crippen LogP contribution is -2.47. The summed E-state index contributed by atoms with van der Waals surface area (Å²) in [4.78, 5) is 11.2. The van der Waals surface area contributed by atoms with Crippen LogP contribution in [0.3, 0.4) is 0 Å². The summed E-state index contributed by atoms with van der Waals surface area (Å²) in [5.74, 6) is -1.53. The van der Waals surface area contributed by atoms with Gasteiger partial charge in [-0.15, -0.1) is 0 Å². The Morgan fingerprint density at radius 1 is 1.04 bits per heavy atom. The van der Waals surface area contributed by atoms with Crippen LogP contribution in [0.15, 0.2) is 24.3 Å². The van der Waals surface area contributed by atoms with Crippen molar-refractivity contribution in [3.05, 3.63) is 35.4 Å². The van der Waals surface area contributed by atoms with E-state index in [2.05, 4.69) is 41.5 Å². The molecule has 24 heavy (non-hydrogen) atoms. The quantitative estimate of drug-likeness (QED) is 0.642. The van der Waals surface area contributed by atoms with Crippen LogP contribution < -0.4 is 5.73 Å². The predicted molar refractivity (Wildman–Crippen MR) is 102 cm³/mol. The molecule has 0 aliphatic rings. The van der Waals surface area contributed by atoms with Crippen molar-refractivity contribution >= 4 is 14.3 Å². The smallest absolute Gasteiger partial charge is 0.312 e. The second-order valence-corrected chi connectivity index (χ2v) is 12.9. The molecule has 1 aromatic rings. The normalized spacial score (nSPS) is 13.8. The SMILES string of the molecule is CC(C)[Si](OCc1ccc(C(CN)C(=O)O)cc1)(C(C)C)C(C)C. The number of carboxylic acid groups (broad SMARTS) is 1. The molecule has 0 saturated carbocycles. The van der Waals surface area contributed by atoms with Gasteiger partial charge in [-0.25, -0.2) is 0 Å². The van der Waals surface area contributed by atoms with Crippen molar-refractivity contribution in [3.8, 4) is 0 Å². The van der Waals surface area contributed by atoms with Crippen LogP contribution in [0.25, 0.3) is 0 Å². The number of nitrogens with two attached hydrogens (primary N) is 1. The minimum Gasteiger partial charge on any atom is -0.481 e. The summed E-state index contributed by atoms with van der Waals surface area (Å²) in [6.07, 6.45) is 0. The molecule has 0 saturated heterocycles. The number of hydrogen-bond donors (Lipinski definition) is 2. The highest BCUT2D eigenvalue weighted by Gasteiger charge is 2.44. The van der Waals surface area contributed by atoms with E-state index in [-0.39, 0.29) is 6.54 Å². The molecule has 3 N–H and O–H groups in total. The Morgan fingerprint density at radius 2 is 1.50 bits per heavy atom. The Morgan fingerprint density at radius 3 is 1.83 bits per heavy atom. The van der Waals surface area contributed by atoms with E-state index in [1.807, 2.05) is 24.3 Å². The third kappa shape index (κ3) is 4.46. The van der Waals surface area contributed by atoms with Crippen molar-refractivity contribution in [3.63, 3.8) is 0 Å². The zero-order valence-electron chi connectivity index (χ0n) is 15.9. The van der Waals surface area contributed by atoms with E-state index in [4.69, 9.17) is 10.2 Å². The molecule has 5 heteroatoms. The molecule has 1 aromatic carbocycles. The van der Waals surface area contributed by atoms with Crippen LogP contribution in [0, 0.1) is 0 Å². The van der Waals surface area contributed by atoms with Gasteiger partial charge in [0, 0.05) is 6.54 Å². The number of benzene rings is 1. The van der Waals surface area contributed by atoms with Crippen molar-refractivity contribution in [1.82, 2.24) is 0 Å². The first-order valence-electron chi connectivity index (χ1n) is 8.82. The van der Waals surface area contributed by atoms with Gasteiger partial charge in [-0.05, 0) is 27.8 Å². The lowest BCUT2D eigenvalue weighted by atomic mass is 9.98. The highest BCUT2D eigenvalue weighted by Crippen LogP contribution is 2.42. The maximum atomic E-state index is 11.2. The fourth-order valence-electron chi connectivity index (χ4n) is 3.93. The maximum absolute atomic E-state index is 11.2. The largest absolute Gasteiger partial charge is 0.481 e. The van der Waals surface area contributed by atoms with E-state index >= 15 is 0 Å². The van der Waals surface area contributed by atoms with Crippen molar-refractivity contribution in [2.75, 3.05) is 6.54 Å². The van der Waals surface area contributed by atoms with Crippen LogP contribution in [0.1, 0.15) is 58.6 Å². The molecule has 0 aromatic heterocycles. The van der Waals surface area contributed by atoms with E-state index in [0.29, 0.717) is 23.2 Å². The summed E-state index contributed by atoms with van der Waals surface area (Å²) in [5, 5.41) is 9.19. The molecule has 0 bridgehead atoms. The third-order valence-corrected chi connectivity index (χ3v) is 11.2. The fourth-order valence-corrected chi connectivity index (χ4v) is 9.35. The Hall–Kier alpha value is -1.17. The molecule has 1 atom stereocenters. The summed E-state index contributed by atoms with van der Waals surface area (Å²) in [5.41, 5.74) is 9.03. The van der Waals surface area contributed by atoms with Gasteiger partial charge in [0.1, 0.15) is 0 Å². The maximum Gasteiger partial charge on any atom is 0.312 e. The van der Waals surface area contributed by atoms with Gasteiger partial charge in [0.05, 0.1) is 12.5 Å². The molecule has 0 amide bonds. The minimum atomic E-state index is -1.88. The summed E-state index contributed by atoms with van der Waals surface area (Å²) >= 11 is 0. The van der Waals surface area contributed by atoms with Crippen molar-refractivity contribution < 1.29 is 14.3 Å². The molecule has 1 unspecified atom stereocenters. The van der Waals surface area contributed by atoms with E-state index in [9.17, 15) is 9.90 Å². The summed E-state index contributed by atoms with van der Waals surface area (Å²) in [6, 6.07) is 7.63. The van der Waals surface area contributed by atoms with E-state index in [0.717, 1.165) is 11.1 Å². The van der Waals surface area contributed by atoms with Gasteiger partial charge in [0.25, 0.3) is 0 Å². The Labute approximate surface area is 147 Å². The number of hydrogen-bond acceptors (Lipinski definition) is 3. The Balaban J connectivity index is 2.91. The van der Waals surface area contributed by atoms with Crippen LogP contribution in [0.5, 0.6) is 0 Å². The standard InChI is InChI=1S/C19H33NO3Si/c1-13(2)24(14(3)4,15(5)6)23-12-16-7-9-17(10-8-16)18(11-20)19(21)22/h7-10,13-15,18H,11-12,20H2,1-6H3,(H,21,22). The molecule has 0 spiro atoms. The van der Waals surface area contributed by atoms with Crippen molar-refractivity contribution in [1.29, 1.82) is 0 Å². The van der Waals surface area contributed by atoms with E-state index in [1.165, 1.54) is 0 Å². The minimum absolute atomic E-state index is 0.106. The topological polar surface area (TPSA) is 72.5 Å². The Kier molecular flexibility index (Phi) is 7.64. The number of carbonyl (C=O) groups is 1. The van der Waals surface area contributed by atoms with Crippen molar-refractivity contribution in [2.45, 2.75) is 70.7 Å². The van der Waals surface area contributed by atoms with Crippen molar-refractivity contribution in [2.24, 2.45) is 5.73 Å². The molecule has 0 aliphatic heterocycles. The van der Waals surface area contributed by atoms with Crippen LogP contribution in [-0.2, 0) is 15.8 Å². The summed E-state index contributed by atoms with van der Waals surface area (Å²) in [7, 11) is -1.88.